The molecule has 2 aromatic rings. The summed E-state index contributed by atoms with van der Waals surface area (Å²) in [6.07, 6.45) is -0.307. The Hall–Kier alpha value is -1.89. The van der Waals surface area contributed by atoms with E-state index in [9.17, 15) is 19.8 Å². The number of aromatic hydroxyl groups is 1. The number of carbonyl (C=O) groups excluding carboxylic acids is 1. The Bertz CT molecular complexity index is 990. The summed E-state index contributed by atoms with van der Waals surface area (Å²) in [6, 6.07) is 9.98. The van der Waals surface area contributed by atoms with Crippen LogP contribution in [0, 0.1) is 5.41 Å². The lowest BCUT2D eigenvalue weighted by Gasteiger charge is -2.31. The van der Waals surface area contributed by atoms with Crippen molar-refractivity contribution in [3.05, 3.63) is 57.6 Å². The van der Waals surface area contributed by atoms with E-state index in [4.69, 9.17) is 23.2 Å². The molecule has 2 N–H and O–H groups in total. The second-order valence-electron chi connectivity index (χ2n) is 8.50. The average molecular weight is 468 g/mol. The van der Waals surface area contributed by atoms with Gasteiger partial charge in [0.2, 0.25) is 5.91 Å². The molecule has 1 heterocycles. The van der Waals surface area contributed by atoms with Gasteiger partial charge < -0.3 is 15.1 Å². The Balaban J connectivity index is 2.23. The zero-order chi connectivity index (χ0) is 22.2. The van der Waals surface area contributed by atoms with Crippen LogP contribution in [0.1, 0.15) is 43.6 Å². The molecule has 0 radical (unpaired) electrons. The molecule has 0 fully saturated rings. The molecule has 0 aromatic heterocycles. The van der Waals surface area contributed by atoms with Gasteiger partial charge in [-0.05, 0) is 46.9 Å². The number of carbonyl (C=O) groups is 2. The molecule has 0 bridgehead atoms. The van der Waals surface area contributed by atoms with Crippen molar-refractivity contribution in [2.24, 2.45) is 5.41 Å². The molecule has 30 heavy (non-hydrogen) atoms. The van der Waals surface area contributed by atoms with E-state index < -0.39 is 16.5 Å². The van der Waals surface area contributed by atoms with Crippen LogP contribution in [0.25, 0.3) is 0 Å². The van der Waals surface area contributed by atoms with Crippen molar-refractivity contribution in [2.45, 2.75) is 37.7 Å². The van der Waals surface area contributed by atoms with E-state index in [1.54, 1.807) is 29.2 Å². The maximum Gasteiger partial charge on any atom is 0.305 e. The first kappa shape index (κ1) is 22.8. The van der Waals surface area contributed by atoms with Gasteiger partial charge in [0.15, 0.2) is 0 Å². The molecule has 0 saturated heterocycles. The minimum atomic E-state index is -1.05. The normalized spacial score (nSPS) is 19.4. The second-order valence-corrected chi connectivity index (χ2v) is 10.7. The van der Waals surface area contributed by atoms with E-state index in [0.29, 0.717) is 27.8 Å². The summed E-state index contributed by atoms with van der Waals surface area (Å²) >= 11 is 14.0. The minimum Gasteiger partial charge on any atom is -0.508 e. The van der Waals surface area contributed by atoms with Gasteiger partial charge in [-0.3, -0.25) is 9.59 Å². The number of fused-ring (bicyclic) bond motifs is 1. The van der Waals surface area contributed by atoms with Crippen LogP contribution in [0.4, 0.5) is 5.69 Å². The number of benzene rings is 2. The van der Waals surface area contributed by atoms with Crippen LogP contribution in [-0.4, -0.2) is 33.9 Å². The van der Waals surface area contributed by atoms with Crippen molar-refractivity contribution in [3.8, 4) is 5.75 Å². The Labute approximate surface area is 190 Å². The SMILES string of the molecule is CC(C)(C)CN1C(=O)[C@@H](CC(=O)O)S[C@H](c2ccc(O)cc2Cl)c2cc(Cl)ccc21. The molecule has 0 aliphatic carbocycles. The summed E-state index contributed by atoms with van der Waals surface area (Å²) in [5.74, 6) is -1.27. The Morgan fingerprint density at radius 2 is 1.83 bits per heavy atom. The molecule has 5 nitrogen and oxygen atoms in total. The lowest BCUT2D eigenvalue weighted by atomic mass is 9.94. The molecule has 8 heteroatoms. The van der Waals surface area contributed by atoms with Gasteiger partial charge in [0.1, 0.15) is 5.75 Å². The molecule has 0 spiro atoms. The number of carboxylic acids is 1. The van der Waals surface area contributed by atoms with Crippen LogP contribution in [0.2, 0.25) is 10.0 Å². The summed E-state index contributed by atoms with van der Waals surface area (Å²) < 4.78 is 0. The van der Waals surface area contributed by atoms with Crippen LogP contribution >= 0.6 is 35.0 Å². The van der Waals surface area contributed by atoms with E-state index >= 15 is 0 Å². The average Bonchev–Trinajstić information content (AvgIpc) is 2.71. The predicted molar refractivity (Wildman–Crippen MR) is 122 cm³/mol. The maximum atomic E-state index is 13.5. The number of nitrogens with zero attached hydrogens (tertiary/aromatic N) is 1. The van der Waals surface area contributed by atoms with Gasteiger partial charge in [0, 0.05) is 22.3 Å². The number of phenols is 1. The summed E-state index contributed by atoms with van der Waals surface area (Å²) in [7, 11) is 0. The fourth-order valence-corrected chi connectivity index (χ4v) is 5.50. The minimum absolute atomic E-state index is 0.0289. The Morgan fingerprint density at radius 1 is 1.13 bits per heavy atom. The maximum absolute atomic E-state index is 13.5. The first-order valence-corrected chi connectivity index (χ1v) is 11.1. The number of thioether (sulfide) groups is 1. The van der Waals surface area contributed by atoms with Crippen LogP contribution in [-0.2, 0) is 9.59 Å². The number of hydrogen-bond acceptors (Lipinski definition) is 4. The summed E-state index contributed by atoms with van der Waals surface area (Å²) in [6.45, 7) is 6.49. The van der Waals surface area contributed by atoms with Gasteiger partial charge in [-0.25, -0.2) is 0 Å². The third-order valence-corrected chi connectivity index (χ3v) is 6.70. The number of carboxylic acid groups (broad SMARTS) is 1. The van der Waals surface area contributed by atoms with Gasteiger partial charge >= 0.3 is 5.97 Å². The molecule has 0 saturated carbocycles. The molecule has 2 atom stereocenters. The lowest BCUT2D eigenvalue weighted by Crippen LogP contribution is -2.42. The molecule has 3 rings (SSSR count). The van der Waals surface area contributed by atoms with Crippen molar-refractivity contribution in [1.29, 1.82) is 0 Å². The van der Waals surface area contributed by atoms with Crippen LogP contribution in [0.15, 0.2) is 36.4 Å². The third kappa shape index (κ3) is 5.05. The highest BCUT2D eigenvalue weighted by molar-refractivity contribution is 8.01. The Morgan fingerprint density at radius 3 is 2.43 bits per heavy atom. The first-order valence-electron chi connectivity index (χ1n) is 9.43. The smallest absolute Gasteiger partial charge is 0.305 e. The van der Waals surface area contributed by atoms with Gasteiger partial charge in [-0.2, -0.15) is 0 Å². The number of hydrogen-bond donors (Lipinski definition) is 2. The number of halogens is 2. The van der Waals surface area contributed by atoms with Gasteiger partial charge in [-0.1, -0.05) is 50.0 Å². The topological polar surface area (TPSA) is 77.8 Å². The van der Waals surface area contributed by atoms with Crippen molar-refractivity contribution in [2.75, 3.05) is 11.4 Å². The third-order valence-electron chi connectivity index (χ3n) is 4.66. The number of aliphatic carboxylic acids is 1. The number of anilines is 1. The van der Waals surface area contributed by atoms with Crippen molar-refractivity contribution in [3.63, 3.8) is 0 Å². The van der Waals surface area contributed by atoms with Crippen molar-refractivity contribution >= 4 is 52.5 Å². The molecule has 1 aliphatic rings. The van der Waals surface area contributed by atoms with Crippen LogP contribution < -0.4 is 4.90 Å². The first-order chi connectivity index (χ1) is 14.0. The number of rotatable bonds is 4. The Kier molecular flexibility index (Phi) is 6.60. The fourth-order valence-electron chi connectivity index (χ4n) is 3.47. The lowest BCUT2D eigenvalue weighted by molar-refractivity contribution is -0.138. The fraction of sp³-hybridized carbons (Fsp3) is 0.364. The summed E-state index contributed by atoms with van der Waals surface area (Å²) in [5.41, 5.74) is 1.95. The van der Waals surface area contributed by atoms with Crippen molar-refractivity contribution < 1.29 is 19.8 Å². The molecule has 1 amide bonds. The zero-order valence-electron chi connectivity index (χ0n) is 16.9. The van der Waals surface area contributed by atoms with Gasteiger partial charge in [-0.15, -0.1) is 11.8 Å². The highest BCUT2D eigenvalue weighted by Crippen LogP contribution is 2.49. The molecule has 0 unspecified atom stereocenters. The van der Waals surface area contributed by atoms with E-state index in [0.717, 1.165) is 5.56 Å². The number of phenolic OH excluding ortho intramolecular Hbond substituents is 1. The molecular formula is C22H23Cl2NO4S. The molecule has 2 aromatic carbocycles. The van der Waals surface area contributed by atoms with Crippen molar-refractivity contribution in [1.82, 2.24) is 0 Å². The summed E-state index contributed by atoms with van der Waals surface area (Å²) in [4.78, 5) is 26.7. The largest absolute Gasteiger partial charge is 0.508 e. The van der Waals surface area contributed by atoms with E-state index in [-0.39, 0.29) is 23.5 Å². The molecule has 160 valence electrons. The monoisotopic (exact) mass is 467 g/mol. The molecular weight excluding hydrogens is 445 g/mol. The number of amides is 1. The van der Waals surface area contributed by atoms with Gasteiger partial charge in [0.25, 0.3) is 0 Å². The highest BCUT2D eigenvalue weighted by Gasteiger charge is 2.39. The van der Waals surface area contributed by atoms with E-state index in [2.05, 4.69) is 0 Å². The second kappa shape index (κ2) is 8.69. The van der Waals surface area contributed by atoms with E-state index in [1.807, 2.05) is 20.8 Å². The predicted octanol–water partition coefficient (Wildman–Crippen LogP) is 5.76. The van der Waals surface area contributed by atoms with Gasteiger partial charge in [0.05, 0.1) is 16.9 Å². The molecule has 1 aliphatic heterocycles. The quantitative estimate of drug-likeness (QED) is 0.597. The highest BCUT2D eigenvalue weighted by atomic mass is 35.5. The zero-order valence-corrected chi connectivity index (χ0v) is 19.2. The summed E-state index contributed by atoms with van der Waals surface area (Å²) in [5, 5.41) is 18.8. The standard InChI is InChI=1S/C22H23Cl2NO4S/c1-22(2,3)11-25-17-7-4-12(23)8-15(17)20(14-6-5-13(26)9-16(14)24)30-18(21(25)29)10-19(27)28/h4-9,18,20,26H,10-11H2,1-3H3,(H,27,28)/t18-,20-/m1/s1. The van der Waals surface area contributed by atoms with Crippen LogP contribution in [0.5, 0.6) is 5.75 Å². The van der Waals surface area contributed by atoms with Crippen LogP contribution in [0.3, 0.4) is 0 Å². The van der Waals surface area contributed by atoms with E-state index in [1.165, 1.54) is 23.9 Å².